The highest BCUT2D eigenvalue weighted by molar-refractivity contribution is 9.10. The van der Waals surface area contributed by atoms with Crippen molar-refractivity contribution in [1.29, 1.82) is 0 Å². The Labute approximate surface area is 184 Å². The van der Waals surface area contributed by atoms with Crippen molar-refractivity contribution < 1.29 is 22.3 Å². The lowest BCUT2D eigenvalue weighted by Gasteiger charge is -2.34. The van der Waals surface area contributed by atoms with Crippen molar-refractivity contribution in [1.82, 2.24) is 4.31 Å². The number of carbonyl (C=O) groups is 1. The SMILES string of the molecule is COc1ccc(C(=O)Nc2ccc(Br)cc2F)cc1S(=O)(=O)N1CC(C)CC(C)C1. The van der Waals surface area contributed by atoms with Gasteiger partial charge in [0.2, 0.25) is 10.0 Å². The molecule has 1 heterocycles. The van der Waals surface area contributed by atoms with E-state index in [1.54, 1.807) is 6.07 Å². The van der Waals surface area contributed by atoms with Gasteiger partial charge in [0, 0.05) is 23.1 Å². The minimum atomic E-state index is -3.87. The van der Waals surface area contributed by atoms with Gasteiger partial charge in [-0.05, 0) is 54.7 Å². The third kappa shape index (κ3) is 4.84. The Kier molecular flexibility index (Phi) is 6.84. The second-order valence-corrected chi connectivity index (χ2v) is 10.5. The first-order chi connectivity index (χ1) is 14.1. The zero-order valence-corrected chi connectivity index (χ0v) is 19.4. The van der Waals surface area contributed by atoms with E-state index in [4.69, 9.17) is 4.74 Å². The highest BCUT2D eigenvalue weighted by atomic mass is 79.9. The van der Waals surface area contributed by atoms with Crippen LogP contribution in [0.3, 0.4) is 0 Å². The first-order valence-electron chi connectivity index (χ1n) is 9.56. The van der Waals surface area contributed by atoms with Gasteiger partial charge in [0.15, 0.2) is 0 Å². The van der Waals surface area contributed by atoms with Crippen LogP contribution in [0.4, 0.5) is 10.1 Å². The summed E-state index contributed by atoms with van der Waals surface area (Å²) in [6.45, 7) is 4.87. The van der Waals surface area contributed by atoms with Crippen LogP contribution < -0.4 is 10.1 Å². The van der Waals surface area contributed by atoms with Crippen molar-refractivity contribution >= 4 is 37.5 Å². The molecule has 3 rings (SSSR count). The molecule has 2 unspecified atom stereocenters. The number of carbonyl (C=O) groups excluding carboxylic acids is 1. The van der Waals surface area contributed by atoms with Gasteiger partial charge in [-0.3, -0.25) is 4.79 Å². The van der Waals surface area contributed by atoms with Crippen LogP contribution in [0, 0.1) is 17.7 Å². The zero-order valence-electron chi connectivity index (χ0n) is 17.0. The van der Waals surface area contributed by atoms with Crippen molar-refractivity contribution in [2.75, 3.05) is 25.5 Å². The number of sulfonamides is 1. The standard InChI is InChI=1S/C21H24BrFN2O4S/c1-13-8-14(2)12-25(11-13)30(27,28)20-9-15(4-7-19(20)29-3)21(26)24-18-6-5-16(22)10-17(18)23/h4-7,9-10,13-14H,8,11-12H2,1-3H3,(H,24,26). The number of methoxy groups -OCH3 is 1. The van der Waals surface area contributed by atoms with Crippen LogP contribution in [0.2, 0.25) is 0 Å². The van der Waals surface area contributed by atoms with Crippen LogP contribution in [-0.4, -0.2) is 38.8 Å². The third-order valence-corrected chi connectivity index (χ3v) is 7.40. The van der Waals surface area contributed by atoms with Crippen LogP contribution >= 0.6 is 15.9 Å². The van der Waals surface area contributed by atoms with E-state index >= 15 is 0 Å². The highest BCUT2D eigenvalue weighted by Crippen LogP contribution is 2.32. The number of hydrogen-bond acceptors (Lipinski definition) is 4. The Hall–Kier alpha value is -1.97. The van der Waals surface area contributed by atoms with Gasteiger partial charge >= 0.3 is 0 Å². The number of amides is 1. The number of halogens is 2. The first-order valence-corrected chi connectivity index (χ1v) is 11.8. The average Bonchev–Trinajstić information content (AvgIpc) is 2.68. The molecule has 30 heavy (non-hydrogen) atoms. The van der Waals surface area contributed by atoms with Gasteiger partial charge in [0.1, 0.15) is 16.5 Å². The molecule has 1 saturated heterocycles. The quantitative estimate of drug-likeness (QED) is 0.657. The summed E-state index contributed by atoms with van der Waals surface area (Å²) in [5.41, 5.74) is 0.0944. The Balaban J connectivity index is 1.94. The van der Waals surface area contributed by atoms with Gasteiger partial charge in [-0.2, -0.15) is 4.31 Å². The van der Waals surface area contributed by atoms with Crippen LogP contribution in [0.1, 0.15) is 30.6 Å². The van der Waals surface area contributed by atoms with Crippen molar-refractivity contribution in [2.24, 2.45) is 11.8 Å². The molecule has 0 bridgehead atoms. The number of hydrogen-bond donors (Lipinski definition) is 1. The molecule has 0 aliphatic carbocycles. The number of anilines is 1. The van der Waals surface area contributed by atoms with Gasteiger partial charge in [-0.1, -0.05) is 29.8 Å². The number of nitrogens with one attached hydrogen (secondary N) is 1. The van der Waals surface area contributed by atoms with Crippen LogP contribution in [0.5, 0.6) is 5.75 Å². The minimum absolute atomic E-state index is 0.00195. The Morgan fingerprint density at radius 3 is 2.43 bits per heavy atom. The summed E-state index contributed by atoms with van der Waals surface area (Å²) < 4.78 is 48.0. The molecule has 1 aliphatic heterocycles. The van der Waals surface area contributed by atoms with Gasteiger partial charge in [0.05, 0.1) is 12.8 Å². The molecule has 2 atom stereocenters. The van der Waals surface area contributed by atoms with Crippen LogP contribution in [-0.2, 0) is 10.0 Å². The summed E-state index contributed by atoms with van der Waals surface area (Å²) in [5.74, 6) is -0.582. The van der Waals surface area contributed by atoms with E-state index < -0.39 is 21.7 Å². The fourth-order valence-corrected chi connectivity index (χ4v) is 5.94. The molecular weight excluding hydrogens is 475 g/mol. The molecule has 0 radical (unpaired) electrons. The lowest BCUT2D eigenvalue weighted by molar-refractivity contribution is 0.102. The molecule has 2 aromatic rings. The molecule has 0 spiro atoms. The molecule has 0 aromatic heterocycles. The molecule has 162 valence electrons. The van der Waals surface area contributed by atoms with Gasteiger partial charge in [-0.15, -0.1) is 0 Å². The molecule has 1 aliphatic rings. The normalized spacial score (nSPS) is 20.0. The number of nitrogens with zero attached hydrogens (tertiary/aromatic N) is 1. The van der Waals surface area contributed by atoms with Crippen molar-refractivity contribution in [3.63, 3.8) is 0 Å². The van der Waals surface area contributed by atoms with Crippen molar-refractivity contribution in [2.45, 2.75) is 25.2 Å². The van der Waals surface area contributed by atoms with Crippen molar-refractivity contribution in [3.05, 3.63) is 52.3 Å². The van der Waals surface area contributed by atoms with E-state index in [1.807, 2.05) is 13.8 Å². The van der Waals surface area contributed by atoms with E-state index in [9.17, 15) is 17.6 Å². The molecule has 6 nitrogen and oxygen atoms in total. The summed E-state index contributed by atoms with van der Waals surface area (Å²) in [4.78, 5) is 12.6. The molecule has 1 fully saturated rings. The Morgan fingerprint density at radius 2 is 1.83 bits per heavy atom. The number of piperidine rings is 1. The second-order valence-electron chi connectivity index (χ2n) is 7.71. The zero-order chi connectivity index (χ0) is 22.1. The number of ether oxygens (including phenoxy) is 1. The van der Waals surface area contributed by atoms with E-state index in [0.717, 1.165) is 6.42 Å². The van der Waals surface area contributed by atoms with Crippen molar-refractivity contribution in [3.8, 4) is 5.75 Å². The molecule has 1 amide bonds. The summed E-state index contributed by atoms with van der Waals surface area (Å²) in [5, 5.41) is 2.48. The Bertz CT molecular complexity index is 1050. The molecule has 2 aromatic carbocycles. The minimum Gasteiger partial charge on any atom is -0.495 e. The predicted molar refractivity (Wildman–Crippen MR) is 117 cm³/mol. The van der Waals surface area contributed by atoms with E-state index in [-0.39, 0.29) is 33.7 Å². The van der Waals surface area contributed by atoms with Gasteiger partial charge < -0.3 is 10.1 Å². The van der Waals surface area contributed by atoms with E-state index in [2.05, 4.69) is 21.2 Å². The maximum Gasteiger partial charge on any atom is 0.255 e. The smallest absolute Gasteiger partial charge is 0.255 e. The third-order valence-electron chi connectivity index (χ3n) is 5.06. The first kappa shape index (κ1) is 22.7. The molecule has 9 heteroatoms. The summed E-state index contributed by atoms with van der Waals surface area (Å²) >= 11 is 3.16. The van der Waals surface area contributed by atoms with Crippen LogP contribution in [0.15, 0.2) is 45.8 Å². The van der Waals surface area contributed by atoms with Crippen LogP contribution in [0.25, 0.3) is 0 Å². The maximum atomic E-state index is 14.1. The predicted octanol–water partition coefficient (Wildman–Crippen LogP) is 4.52. The monoisotopic (exact) mass is 498 g/mol. The molecule has 0 saturated carbocycles. The topological polar surface area (TPSA) is 75.7 Å². The fourth-order valence-electron chi connectivity index (χ4n) is 3.75. The van der Waals surface area contributed by atoms with Gasteiger partial charge in [-0.25, -0.2) is 12.8 Å². The number of rotatable bonds is 5. The Morgan fingerprint density at radius 1 is 1.17 bits per heavy atom. The maximum absolute atomic E-state index is 14.1. The van der Waals surface area contributed by atoms with E-state index in [1.165, 1.54) is 41.7 Å². The fraction of sp³-hybridized carbons (Fsp3) is 0.381. The molecular formula is C21H24BrFN2O4S. The lowest BCUT2D eigenvalue weighted by Crippen LogP contribution is -2.42. The lowest BCUT2D eigenvalue weighted by atomic mass is 9.94. The molecule has 1 N–H and O–H groups in total. The highest BCUT2D eigenvalue weighted by Gasteiger charge is 2.34. The summed E-state index contributed by atoms with van der Waals surface area (Å²) in [6, 6.07) is 8.43. The summed E-state index contributed by atoms with van der Waals surface area (Å²) in [7, 11) is -2.48. The average molecular weight is 499 g/mol. The second kappa shape index (κ2) is 9.03. The van der Waals surface area contributed by atoms with Gasteiger partial charge in [0.25, 0.3) is 5.91 Å². The van der Waals surface area contributed by atoms with E-state index in [0.29, 0.717) is 17.6 Å². The largest absolute Gasteiger partial charge is 0.495 e. The summed E-state index contributed by atoms with van der Waals surface area (Å²) in [6.07, 6.45) is 0.963. The number of benzene rings is 2.